The van der Waals surface area contributed by atoms with E-state index < -0.39 is 8.07 Å². The predicted octanol–water partition coefficient (Wildman–Crippen LogP) is 1.91. The van der Waals surface area contributed by atoms with Gasteiger partial charge < -0.3 is 9.64 Å². The molecule has 1 aliphatic heterocycles. The standard InChI is InChI=1S/C10H22N2OSSi/c1-14-10(11-9-15(2,3)4)12-5-7-13-8-6-12/h5-9H2,1-4H3/b11-10-. The quantitative estimate of drug-likeness (QED) is 0.423. The van der Waals surface area contributed by atoms with E-state index in [-0.39, 0.29) is 0 Å². The van der Waals surface area contributed by atoms with Crippen molar-refractivity contribution >= 4 is 25.0 Å². The predicted molar refractivity (Wildman–Crippen MR) is 71.6 cm³/mol. The summed E-state index contributed by atoms with van der Waals surface area (Å²) in [5.41, 5.74) is 0. The van der Waals surface area contributed by atoms with Crippen LogP contribution in [-0.2, 0) is 4.74 Å². The molecule has 0 aliphatic carbocycles. The van der Waals surface area contributed by atoms with Crippen LogP contribution in [0.2, 0.25) is 19.6 Å². The van der Waals surface area contributed by atoms with Gasteiger partial charge in [0.25, 0.3) is 0 Å². The Morgan fingerprint density at radius 1 is 1.33 bits per heavy atom. The highest BCUT2D eigenvalue weighted by Gasteiger charge is 2.17. The third-order valence-electron chi connectivity index (χ3n) is 2.15. The Balaban J connectivity index is 2.53. The van der Waals surface area contributed by atoms with Crippen molar-refractivity contribution in [3.8, 4) is 0 Å². The van der Waals surface area contributed by atoms with Crippen molar-refractivity contribution in [1.82, 2.24) is 4.90 Å². The number of aliphatic imine (C=N–C) groups is 1. The maximum absolute atomic E-state index is 5.34. The van der Waals surface area contributed by atoms with Gasteiger partial charge in [0.15, 0.2) is 5.17 Å². The number of rotatable bonds is 2. The minimum absolute atomic E-state index is 0.840. The molecule has 0 aromatic heterocycles. The van der Waals surface area contributed by atoms with Crippen LogP contribution < -0.4 is 0 Å². The van der Waals surface area contributed by atoms with Crippen molar-refractivity contribution in [3.05, 3.63) is 0 Å². The Morgan fingerprint density at radius 3 is 2.40 bits per heavy atom. The molecular formula is C10H22N2OSSi. The highest BCUT2D eigenvalue weighted by Crippen LogP contribution is 2.10. The Labute approximate surface area is 98.3 Å². The zero-order valence-corrected chi connectivity index (χ0v) is 12.1. The van der Waals surface area contributed by atoms with E-state index in [2.05, 4.69) is 30.8 Å². The average molecular weight is 246 g/mol. The number of amidine groups is 1. The number of nitrogens with zero attached hydrogens (tertiary/aromatic N) is 2. The fraction of sp³-hybridized carbons (Fsp3) is 0.900. The summed E-state index contributed by atoms with van der Waals surface area (Å²) in [6.45, 7) is 10.7. The van der Waals surface area contributed by atoms with Gasteiger partial charge in [-0.2, -0.15) is 0 Å². The van der Waals surface area contributed by atoms with Crippen LogP contribution in [0.4, 0.5) is 0 Å². The molecule has 0 aromatic rings. The van der Waals surface area contributed by atoms with Gasteiger partial charge in [0.2, 0.25) is 0 Å². The van der Waals surface area contributed by atoms with Gasteiger partial charge in [-0.1, -0.05) is 31.4 Å². The lowest BCUT2D eigenvalue weighted by molar-refractivity contribution is 0.0693. The third kappa shape index (κ3) is 5.04. The van der Waals surface area contributed by atoms with Crippen LogP contribution >= 0.6 is 11.8 Å². The summed E-state index contributed by atoms with van der Waals surface area (Å²) in [6, 6.07) is 0. The first-order valence-electron chi connectivity index (χ1n) is 5.44. The molecule has 0 amide bonds. The summed E-state index contributed by atoms with van der Waals surface area (Å²) in [5, 5.41) is 1.20. The summed E-state index contributed by atoms with van der Waals surface area (Å²) >= 11 is 1.76. The average Bonchev–Trinajstić information content (AvgIpc) is 2.19. The fourth-order valence-corrected chi connectivity index (χ4v) is 2.73. The summed E-state index contributed by atoms with van der Waals surface area (Å²) in [4.78, 5) is 7.09. The topological polar surface area (TPSA) is 24.8 Å². The maximum Gasteiger partial charge on any atom is 0.158 e. The first-order chi connectivity index (χ1) is 7.03. The van der Waals surface area contributed by atoms with E-state index in [1.54, 1.807) is 11.8 Å². The van der Waals surface area contributed by atoms with Crippen LogP contribution in [0.3, 0.4) is 0 Å². The van der Waals surface area contributed by atoms with E-state index in [9.17, 15) is 0 Å². The maximum atomic E-state index is 5.34. The molecule has 0 atom stereocenters. The summed E-state index contributed by atoms with van der Waals surface area (Å²) in [5.74, 6) is 0. The first kappa shape index (κ1) is 13.1. The molecule has 0 N–H and O–H groups in total. The van der Waals surface area contributed by atoms with Crippen molar-refractivity contribution in [3.63, 3.8) is 0 Å². The lowest BCUT2D eigenvalue weighted by Gasteiger charge is -2.29. The van der Waals surface area contributed by atoms with Gasteiger partial charge in [-0.05, 0) is 6.26 Å². The normalized spacial score (nSPS) is 19.5. The molecule has 1 rings (SSSR count). The minimum atomic E-state index is -1.06. The molecular weight excluding hydrogens is 224 g/mol. The molecule has 0 aromatic carbocycles. The van der Waals surface area contributed by atoms with E-state index in [4.69, 9.17) is 9.73 Å². The Bertz CT molecular complexity index is 222. The summed E-state index contributed by atoms with van der Waals surface area (Å²) < 4.78 is 5.34. The number of hydrogen-bond acceptors (Lipinski definition) is 3. The largest absolute Gasteiger partial charge is 0.378 e. The van der Waals surface area contributed by atoms with Gasteiger partial charge in [-0.3, -0.25) is 4.99 Å². The molecule has 0 spiro atoms. The fourth-order valence-electron chi connectivity index (χ4n) is 1.35. The second-order valence-electron chi connectivity index (χ2n) is 4.96. The second kappa shape index (κ2) is 5.91. The van der Waals surface area contributed by atoms with E-state index in [0.29, 0.717) is 0 Å². The zero-order valence-electron chi connectivity index (χ0n) is 10.2. The molecule has 1 fully saturated rings. The van der Waals surface area contributed by atoms with Crippen molar-refractivity contribution in [2.75, 3.05) is 38.7 Å². The lowest BCUT2D eigenvalue weighted by atomic mass is 10.5. The molecule has 0 saturated carbocycles. The van der Waals surface area contributed by atoms with Crippen LogP contribution in [0.25, 0.3) is 0 Å². The minimum Gasteiger partial charge on any atom is -0.378 e. The number of morpholine rings is 1. The van der Waals surface area contributed by atoms with Crippen molar-refractivity contribution in [2.45, 2.75) is 19.6 Å². The second-order valence-corrected chi connectivity index (χ2v) is 11.2. The van der Waals surface area contributed by atoms with Gasteiger partial charge >= 0.3 is 0 Å². The molecule has 0 radical (unpaired) electrons. The molecule has 0 bridgehead atoms. The van der Waals surface area contributed by atoms with E-state index in [1.807, 2.05) is 0 Å². The lowest BCUT2D eigenvalue weighted by Crippen LogP contribution is -2.40. The third-order valence-corrected chi connectivity index (χ3v) is 4.01. The number of thioether (sulfide) groups is 1. The van der Waals surface area contributed by atoms with E-state index >= 15 is 0 Å². The summed E-state index contributed by atoms with van der Waals surface area (Å²) in [7, 11) is -1.06. The number of hydrogen-bond donors (Lipinski definition) is 0. The van der Waals surface area contributed by atoms with E-state index in [0.717, 1.165) is 32.5 Å². The molecule has 0 unspecified atom stereocenters. The number of ether oxygens (including phenoxy) is 1. The monoisotopic (exact) mass is 246 g/mol. The highest BCUT2D eigenvalue weighted by molar-refractivity contribution is 8.13. The molecule has 1 aliphatic rings. The van der Waals surface area contributed by atoms with Crippen LogP contribution in [0, 0.1) is 0 Å². The van der Waals surface area contributed by atoms with E-state index in [1.165, 1.54) is 5.17 Å². The molecule has 5 heteroatoms. The van der Waals surface area contributed by atoms with Gasteiger partial charge in [0.1, 0.15) is 0 Å². The molecule has 15 heavy (non-hydrogen) atoms. The Morgan fingerprint density at radius 2 is 1.93 bits per heavy atom. The Hall–Kier alpha value is -0.00312. The molecule has 3 nitrogen and oxygen atoms in total. The molecule has 88 valence electrons. The van der Waals surface area contributed by atoms with Crippen molar-refractivity contribution < 1.29 is 4.74 Å². The highest BCUT2D eigenvalue weighted by atomic mass is 32.2. The Kier molecular flexibility index (Phi) is 5.15. The van der Waals surface area contributed by atoms with Crippen LogP contribution in [0.1, 0.15) is 0 Å². The van der Waals surface area contributed by atoms with Crippen molar-refractivity contribution in [2.24, 2.45) is 4.99 Å². The smallest absolute Gasteiger partial charge is 0.158 e. The van der Waals surface area contributed by atoms with Gasteiger partial charge in [0, 0.05) is 19.3 Å². The van der Waals surface area contributed by atoms with Gasteiger partial charge in [0.05, 0.1) is 21.3 Å². The summed E-state index contributed by atoms with van der Waals surface area (Å²) in [6.07, 6.45) is 3.14. The van der Waals surface area contributed by atoms with Gasteiger partial charge in [-0.25, -0.2) is 0 Å². The van der Waals surface area contributed by atoms with Crippen LogP contribution in [-0.4, -0.2) is 56.9 Å². The van der Waals surface area contributed by atoms with Gasteiger partial charge in [-0.15, -0.1) is 0 Å². The first-order valence-corrected chi connectivity index (χ1v) is 10.4. The molecule has 1 saturated heterocycles. The molecule has 1 heterocycles. The van der Waals surface area contributed by atoms with Crippen molar-refractivity contribution in [1.29, 1.82) is 0 Å². The van der Waals surface area contributed by atoms with Crippen LogP contribution in [0.15, 0.2) is 4.99 Å². The van der Waals surface area contributed by atoms with Crippen LogP contribution in [0.5, 0.6) is 0 Å². The SMILES string of the molecule is CS/C(=N\C[Si](C)(C)C)N1CCOCC1. The zero-order chi connectivity index (χ0) is 11.3.